The molecule has 0 spiro atoms. The average Bonchev–Trinajstić information content (AvgIpc) is 2.70. The van der Waals surface area contributed by atoms with Crippen LogP contribution in [-0.4, -0.2) is 48.4 Å². The molecule has 29 heavy (non-hydrogen) atoms. The van der Waals surface area contributed by atoms with E-state index in [1.165, 1.54) is 12.1 Å². The van der Waals surface area contributed by atoms with Gasteiger partial charge in [0.05, 0.1) is 12.2 Å². The van der Waals surface area contributed by atoms with Gasteiger partial charge in [-0.1, -0.05) is 0 Å². The number of rotatable bonds is 5. The van der Waals surface area contributed by atoms with Gasteiger partial charge in [-0.2, -0.15) is 0 Å². The highest BCUT2D eigenvalue weighted by Gasteiger charge is 2.23. The number of aromatic nitrogens is 1. The predicted octanol–water partition coefficient (Wildman–Crippen LogP) is 2.92. The van der Waals surface area contributed by atoms with Crippen molar-refractivity contribution in [1.82, 2.24) is 20.5 Å². The molecule has 1 aromatic heterocycles. The number of ether oxygens (including phenoxy) is 1. The topological polar surface area (TPSA) is 78.9 Å². The number of hydrogen-bond acceptors (Lipinski definition) is 4. The Labute approximate surface area is 186 Å². The number of nitrogens with zero attached hydrogens (tertiary/aromatic N) is 3. The fraction of sp³-hybridized carbons (Fsp3) is 0.350. The van der Waals surface area contributed by atoms with Gasteiger partial charge in [0.1, 0.15) is 17.3 Å². The normalized spacial score (nSPS) is 16.8. The van der Waals surface area contributed by atoms with Crippen LogP contribution < -0.4 is 15.4 Å². The zero-order valence-corrected chi connectivity index (χ0v) is 18.7. The summed E-state index contributed by atoms with van der Waals surface area (Å²) in [7, 11) is 3.51. The van der Waals surface area contributed by atoms with Gasteiger partial charge in [-0.3, -0.25) is 14.8 Å². The zero-order valence-electron chi connectivity index (χ0n) is 16.4. The van der Waals surface area contributed by atoms with Crippen LogP contribution in [0.4, 0.5) is 4.39 Å². The minimum absolute atomic E-state index is 0. The molecule has 1 saturated heterocycles. The fourth-order valence-corrected chi connectivity index (χ4v) is 2.95. The lowest BCUT2D eigenvalue weighted by molar-refractivity contribution is -0.132. The summed E-state index contributed by atoms with van der Waals surface area (Å²) in [5.41, 5.74) is 0.776. The lowest BCUT2D eigenvalue weighted by Crippen LogP contribution is -2.51. The number of carbonyl (C=O) groups is 1. The maximum Gasteiger partial charge on any atom is 0.222 e. The van der Waals surface area contributed by atoms with Gasteiger partial charge in [0, 0.05) is 45.4 Å². The van der Waals surface area contributed by atoms with Gasteiger partial charge in [0.25, 0.3) is 0 Å². The molecule has 1 amide bonds. The number of aliphatic imine (C=N–C) groups is 1. The van der Waals surface area contributed by atoms with E-state index in [2.05, 4.69) is 20.6 Å². The molecule has 1 aliphatic heterocycles. The van der Waals surface area contributed by atoms with Gasteiger partial charge in [0.15, 0.2) is 5.96 Å². The van der Waals surface area contributed by atoms with Gasteiger partial charge >= 0.3 is 0 Å². The van der Waals surface area contributed by atoms with Crippen LogP contribution in [0, 0.1) is 5.82 Å². The van der Waals surface area contributed by atoms with Crippen molar-refractivity contribution in [3.8, 4) is 11.5 Å². The Bertz CT molecular complexity index is 847. The van der Waals surface area contributed by atoms with Crippen molar-refractivity contribution < 1.29 is 13.9 Å². The molecule has 156 valence electrons. The number of benzene rings is 1. The number of halogens is 2. The Morgan fingerprint density at radius 3 is 2.76 bits per heavy atom. The zero-order chi connectivity index (χ0) is 19.9. The number of guanidine groups is 1. The van der Waals surface area contributed by atoms with Crippen molar-refractivity contribution in [1.29, 1.82) is 0 Å². The van der Waals surface area contributed by atoms with Gasteiger partial charge < -0.3 is 20.3 Å². The van der Waals surface area contributed by atoms with Crippen molar-refractivity contribution in [2.24, 2.45) is 4.99 Å². The summed E-state index contributed by atoms with van der Waals surface area (Å²) in [5.74, 6) is 1.69. The first-order chi connectivity index (χ1) is 13.5. The monoisotopic (exact) mass is 513 g/mol. The third-order valence-corrected chi connectivity index (χ3v) is 4.47. The molecule has 1 fully saturated rings. The Balaban J connectivity index is 0.00000300. The highest BCUT2D eigenvalue weighted by atomic mass is 127. The van der Waals surface area contributed by atoms with Gasteiger partial charge in [-0.15, -0.1) is 24.0 Å². The first-order valence-electron chi connectivity index (χ1n) is 9.13. The minimum Gasteiger partial charge on any atom is -0.457 e. The highest BCUT2D eigenvalue weighted by Crippen LogP contribution is 2.21. The lowest BCUT2D eigenvalue weighted by atomic mass is 10.1. The maximum absolute atomic E-state index is 13.0. The first-order valence-corrected chi connectivity index (χ1v) is 9.13. The highest BCUT2D eigenvalue weighted by molar-refractivity contribution is 14.0. The Kier molecular flexibility index (Phi) is 8.62. The van der Waals surface area contributed by atoms with Crippen LogP contribution in [-0.2, 0) is 11.3 Å². The molecule has 0 bridgehead atoms. The molecule has 0 aliphatic carbocycles. The van der Waals surface area contributed by atoms with E-state index in [0.29, 0.717) is 37.0 Å². The summed E-state index contributed by atoms with van der Waals surface area (Å²) in [6.45, 7) is 1.11. The van der Waals surface area contributed by atoms with Crippen LogP contribution in [0.25, 0.3) is 0 Å². The second-order valence-electron chi connectivity index (χ2n) is 6.62. The third kappa shape index (κ3) is 6.84. The smallest absolute Gasteiger partial charge is 0.222 e. The Morgan fingerprint density at radius 2 is 2.07 bits per heavy atom. The Morgan fingerprint density at radius 1 is 1.31 bits per heavy atom. The average molecular weight is 513 g/mol. The van der Waals surface area contributed by atoms with Gasteiger partial charge in [-0.05, 0) is 36.8 Å². The van der Waals surface area contributed by atoms with E-state index < -0.39 is 0 Å². The van der Waals surface area contributed by atoms with E-state index >= 15 is 0 Å². The number of carbonyl (C=O) groups excluding carboxylic acids is 1. The summed E-state index contributed by atoms with van der Waals surface area (Å²) in [4.78, 5) is 21.9. The molecular formula is C20H25FIN5O2. The van der Waals surface area contributed by atoms with Crippen LogP contribution in [0.15, 0.2) is 47.6 Å². The molecule has 0 saturated carbocycles. The molecule has 3 rings (SSSR count). The van der Waals surface area contributed by atoms with Crippen molar-refractivity contribution in [2.45, 2.75) is 25.4 Å². The lowest BCUT2D eigenvalue weighted by Gasteiger charge is -2.31. The minimum atomic E-state index is -0.306. The van der Waals surface area contributed by atoms with Crippen LogP contribution in [0.2, 0.25) is 0 Å². The van der Waals surface area contributed by atoms with Crippen LogP contribution in [0.3, 0.4) is 0 Å². The van der Waals surface area contributed by atoms with E-state index in [9.17, 15) is 9.18 Å². The van der Waals surface area contributed by atoms with Crippen molar-refractivity contribution in [3.05, 3.63) is 54.1 Å². The molecule has 2 heterocycles. The van der Waals surface area contributed by atoms with E-state index in [-0.39, 0.29) is 41.7 Å². The van der Waals surface area contributed by atoms with E-state index in [0.717, 1.165) is 12.1 Å². The number of likely N-dealkylation sites (N-methyl/N-ethyl adjacent to an activating group) is 1. The van der Waals surface area contributed by atoms with E-state index in [4.69, 9.17) is 4.74 Å². The van der Waals surface area contributed by atoms with Gasteiger partial charge in [0.2, 0.25) is 5.91 Å². The third-order valence-electron chi connectivity index (χ3n) is 4.47. The van der Waals surface area contributed by atoms with E-state index in [1.54, 1.807) is 36.3 Å². The predicted molar refractivity (Wildman–Crippen MR) is 120 cm³/mol. The standard InChI is InChI=1S/C20H24FN5O2.HI/c1-22-20(25-15-5-8-19(27)26(2)13-15)24-12-16-11-18(9-10-23-16)28-17-6-3-14(21)4-7-17;/h3-4,6-7,9-11,15H,5,8,12-13H2,1-2H3,(H2,22,24,25);1H. The maximum atomic E-state index is 13.0. The number of nitrogens with one attached hydrogen (secondary N) is 2. The number of piperidine rings is 1. The summed E-state index contributed by atoms with van der Waals surface area (Å²) in [6.07, 6.45) is 2.98. The summed E-state index contributed by atoms with van der Waals surface area (Å²) in [5, 5.41) is 6.56. The summed E-state index contributed by atoms with van der Waals surface area (Å²) in [6, 6.07) is 9.58. The molecular weight excluding hydrogens is 488 g/mol. The molecule has 7 nitrogen and oxygen atoms in total. The second kappa shape index (κ2) is 10.9. The number of pyridine rings is 1. The molecule has 1 atom stereocenters. The van der Waals surface area contributed by atoms with Crippen LogP contribution >= 0.6 is 24.0 Å². The first kappa shape index (κ1) is 22.9. The molecule has 1 aromatic carbocycles. The molecule has 1 unspecified atom stereocenters. The molecule has 0 radical (unpaired) electrons. The largest absolute Gasteiger partial charge is 0.457 e. The second-order valence-corrected chi connectivity index (χ2v) is 6.62. The van der Waals surface area contributed by atoms with Crippen LogP contribution in [0.5, 0.6) is 11.5 Å². The summed E-state index contributed by atoms with van der Waals surface area (Å²) < 4.78 is 18.7. The SMILES string of the molecule is CN=C(NCc1cc(Oc2ccc(F)cc2)ccn1)NC1CCC(=O)N(C)C1.I. The number of likely N-dealkylation sites (tertiary alicyclic amines) is 1. The molecule has 9 heteroatoms. The molecule has 2 N–H and O–H groups in total. The van der Waals surface area contributed by atoms with Crippen molar-refractivity contribution in [3.63, 3.8) is 0 Å². The molecule has 1 aliphatic rings. The number of hydrogen-bond donors (Lipinski definition) is 2. The van der Waals surface area contributed by atoms with Crippen molar-refractivity contribution >= 4 is 35.8 Å². The number of amides is 1. The quantitative estimate of drug-likeness (QED) is 0.366. The summed E-state index contributed by atoms with van der Waals surface area (Å²) >= 11 is 0. The fourth-order valence-electron chi connectivity index (χ4n) is 2.95. The molecule has 2 aromatic rings. The van der Waals surface area contributed by atoms with Gasteiger partial charge in [-0.25, -0.2) is 4.39 Å². The Hall–Kier alpha value is -2.43. The van der Waals surface area contributed by atoms with Crippen molar-refractivity contribution in [2.75, 3.05) is 20.6 Å². The van der Waals surface area contributed by atoms with E-state index in [1.807, 2.05) is 13.1 Å². The van der Waals surface area contributed by atoms with Crippen LogP contribution in [0.1, 0.15) is 18.5 Å².